The van der Waals surface area contributed by atoms with Gasteiger partial charge in [-0.3, -0.25) is 0 Å². The molecule has 25 heavy (non-hydrogen) atoms. The molecule has 0 aliphatic heterocycles. The van der Waals surface area contributed by atoms with Crippen molar-refractivity contribution < 1.29 is 31.8 Å². The molecule has 2 aromatic rings. The van der Waals surface area contributed by atoms with Gasteiger partial charge >= 0.3 is 5.97 Å². The predicted octanol–water partition coefficient (Wildman–Crippen LogP) is 1.90. The van der Waals surface area contributed by atoms with Gasteiger partial charge in [0.1, 0.15) is 23.9 Å². The van der Waals surface area contributed by atoms with Gasteiger partial charge in [0.25, 0.3) is 10.0 Å². The number of nitrogens with zero attached hydrogens (tertiary/aromatic N) is 1. The second-order valence-corrected chi connectivity index (χ2v) is 7.27. The maximum Gasteiger partial charge on any atom is 0.338 e. The van der Waals surface area contributed by atoms with Crippen LogP contribution in [0.1, 0.15) is 16.1 Å². The van der Waals surface area contributed by atoms with Crippen molar-refractivity contribution >= 4 is 16.0 Å². The lowest BCUT2D eigenvalue weighted by Gasteiger charge is -2.09. The smallest absolute Gasteiger partial charge is 0.338 e. The number of ether oxygens (including phenoxy) is 3. The summed E-state index contributed by atoms with van der Waals surface area (Å²) in [5.74, 6) is 0.488. The lowest BCUT2D eigenvalue weighted by molar-refractivity contribution is 0.0440. The third-order valence-electron chi connectivity index (χ3n) is 3.30. The number of esters is 1. The van der Waals surface area contributed by atoms with Gasteiger partial charge in [0.2, 0.25) is 5.09 Å². The highest BCUT2D eigenvalue weighted by atomic mass is 32.2. The molecule has 0 fully saturated rings. The van der Waals surface area contributed by atoms with Crippen molar-refractivity contribution in [3.63, 3.8) is 0 Å². The molecule has 0 saturated heterocycles. The monoisotopic (exact) mass is 369 g/mol. The van der Waals surface area contributed by atoms with Crippen molar-refractivity contribution in [3.8, 4) is 11.5 Å². The summed E-state index contributed by atoms with van der Waals surface area (Å²) < 4.78 is 45.5. The Hall–Kier alpha value is -2.52. The van der Waals surface area contributed by atoms with Gasteiger partial charge in [0, 0.05) is 20.2 Å². The Labute approximate surface area is 145 Å². The number of hydrogen-bond acceptors (Lipinski definition) is 7. The van der Waals surface area contributed by atoms with Crippen LogP contribution in [0.2, 0.25) is 0 Å². The average Bonchev–Trinajstić information content (AvgIpc) is 3.08. The Kier molecular flexibility index (Phi) is 5.70. The molecule has 8 nitrogen and oxygen atoms in total. The van der Waals surface area contributed by atoms with Crippen molar-refractivity contribution in [2.75, 3.05) is 28.3 Å². The van der Waals surface area contributed by atoms with E-state index in [1.165, 1.54) is 52.6 Å². The molecule has 0 aliphatic carbocycles. The van der Waals surface area contributed by atoms with Gasteiger partial charge in [0.15, 0.2) is 0 Å². The van der Waals surface area contributed by atoms with Crippen molar-refractivity contribution in [3.05, 3.63) is 41.7 Å². The molecule has 0 bridgehead atoms. The number of sulfonamides is 1. The van der Waals surface area contributed by atoms with Crippen LogP contribution >= 0.6 is 0 Å². The third-order valence-corrected chi connectivity index (χ3v) is 4.99. The molecule has 0 atom stereocenters. The summed E-state index contributed by atoms with van der Waals surface area (Å²) in [5, 5.41) is -0.216. The predicted molar refractivity (Wildman–Crippen MR) is 88.2 cm³/mol. The first-order chi connectivity index (χ1) is 11.8. The molecule has 9 heteroatoms. The molecule has 136 valence electrons. The quantitative estimate of drug-likeness (QED) is 0.688. The normalized spacial score (nSPS) is 11.4. The molecule has 0 saturated carbocycles. The minimum absolute atomic E-state index is 0.207. The summed E-state index contributed by atoms with van der Waals surface area (Å²) in [6.45, 7) is -0.207. The van der Waals surface area contributed by atoms with Gasteiger partial charge in [-0.25, -0.2) is 17.5 Å². The number of benzene rings is 1. The minimum atomic E-state index is -3.67. The fourth-order valence-corrected chi connectivity index (χ4v) is 2.71. The maximum absolute atomic E-state index is 12.2. The highest BCUT2D eigenvalue weighted by molar-refractivity contribution is 7.88. The van der Waals surface area contributed by atoms with E-state index in [0.717, 1.165) is 4.31 Å². The topological polar surface area (TPSA) is 95.3 Å². The van der Waals surface area contributed by atoms with E-state index in [4.69, 9.17) is 18.6 Å². The molecule has 0 aliphatic rings. The van der Waals surface area contributed by atoms with E-state index in [-0.39, 0.29) is 23.0 Å². The first-order valence-electron chi connectivity index (χ1n) is 7.19. The Morgan fingerprint density at radius 1 is 1.08 bits per heavy atom. The summed E-state index contributed by atoms with van der Waals surface area (Å²) in [6, 6.07) is 7.40. The number of carbonyl (C=O) groups is 1. The van der Waals surface area contributed by atoms with E-state index in [1.807, 2.05) is 0 Å². The van der Waals surface area contributed by atoms with Crippen LogP contribution < -0.4 is 9.47 Å². The van der Waals surface area contributed by atoms with Crippen LogP contribution in [-0.2, 0) is 21.4 Å². The molecule has 1 heterocycles. The zero-order chi connectivity index (χ0) is 18.6. The summed E-state index contributed by atoms with van der Waals surface area (Å²) in [6.07, 6.45) is 0. The Bertz CT molecular complexity index is 833. The molecule has 0 unspecified atom stereocenters. The first kappa shape index (κ1) is 18.8. The van der Waals surface area contributed by atoms with Gasteiger partial charge in [-0.15, -0.1) is 0 Å². The zero-order valence-corrected chi connectivity index (χ0v) is 15.1. The van der Waals surface area contributed by atoms with E-state index in [1.54, 1.807) is 6.07 Å². The van der Waals surface area contributed by atoms with E-state index < -0.39 is 16.0 Å². The van der Waals surface area contributed by atoms with E-state index in [9.17, 15) is 13.2 Å². The summed E-state index contributed by atoms with van der Waals surface area (Å²) >= 11 is 0. The largest absolute Gasteiger partial charge is 0.497 e. The molecule has 2 rings (SSSR count). The number of rotatable bonds is 7. The number of methoxy groups -OCH3 is 2. The van der Waals surface area contributed by atoms with Crippen LogP contribution in [0.25, 0.3) is 0 Å². The van der Waals surface area contributed by atoms with Crippen molar-refractivity contribution in [2.24, 2.45) is 0 Å². The molecular weight excluding hydrogens is 350 g/mol. The van der Waals surface area contributed by atoms with Crippen LogP contribution in [-0.4, -0.2) is 47.0 Å². The van der Waals surface area contributed by atoms with Crippen LogP contribution in [0, 0.1) is 0 Å². The van der Waals surface area contributed by atoms with Crippen LogP contribution in [0.3, 0.4) is 0 Å². The van der Waals surface area contributed by atoms with Crippen LogP contribution in [0.4, 0.5) is 0 Å². The second-order valence-electron chi connectivity index (χ2n) is 5.19. The van der Waals surface area contributed by atoms with Crippen molar-refractivity contribution in [1.29, 1.82) is 0 Å². The first-order valence-corrected chi connectivity index (χ1v) is 8.63. The minimum Gasteiger partial charge on any atom is -0.497 e. The Morgan fingerprint density at radius 2 is 1.68 bits per heavy atom. The Morgan fingerprint density at radius 3 is 2.20 bits per heavy atom. The Balaban J connectivity index is 2.10. The fraction of sp³-hybridized carbons (Fsp3) is 0.312. The second kappa shape index (κ2) is 7.58. The van der Waals surface area contributed by atoms with E-state index >= 15 is 0 Å². The molecule has 1 aromatic carbocycles. The standard InChI is InChI=1S/C16H19NO7S/c1-17(2)25(19,20)15-6-5-12(24-15)10-23-16(18)11-7-13(21-3)9-14(8-11)22-4/h5-9H,10H2,1-4H3. The zero-order valence-electron chi connectivity index (χ0n) is 14.3. The fourth-order valence-electron chi connectivity index (χ4n) is 1.90. The average molecular weight is 369 g/mol. The number of carbonyl (C=O) groups excluding carboxylic acids is 1. The lowest BCUT2D eigenvalue weighted by Crippen LogP contribution is -2.21. The summed E-state index contributed by atoms with van der Waals surface area (Å²) in [4.78, 5) is 12.2. The summed E-state index contributed by atoms with van der Waals surface area (Å²) in [7, 11) is 2.06. The molecule has 1 aromatic heterocycles. The highest BCUT2D eigenvalue weighted by Gasteiger charge is 2.22. The third kappa shape index (κ3) is 4.31. The van der Waals surface area contributed by atoms with Gasteiger partial charge in [0.05, 0.1) is 19.8 Å². The number of hydrogen-bond donors (Lipinski definition) is 0. The highest BCUT2D eigenvalue weighted by Crippen LogP contribution is 2.23. The summed E-state index contributed by atoms with van der Waals surface area (Å²) in [5.41, 5.74) is 0.240. The maximum atomic E-state index is 12.2. The molecule has 0 radical (unpaired) electrons. The van der Waals surface area contributed by atoms with Gasteiger partial charge in [-0.2, -0.15) is 0 Å². The molecule has 0 N–H and O–H groups in total. The van der Waals surface area contributed by atoms with E-state index in [2.05, 4.69) is 0 Å². The molecule has 0 spiro atoms. The van der Waals surface area contributed by atoms with Crippen molar-refractivity contribution in [1.82, 2.24) is 4.31 Å². The van der Waals surface area contributed by atoms with Gasteiger partial charge in [-0.1, -0.05) is 0 Å². The molecular formula is C16H19NO7S. The molecule has 0 amide bonds. The SMILES string of the molecule is COc1cc(OC)cc(C(=O)OCc2ccc(S(=O)(=O)N(C)C)o2)c1. The van der Waals surface area contributed by atoms with Crippen LogP contribution in [0.5, 0.6) is 11.5 Å². The lowest BCUT2D eigenvalue weighted by atomic mass is 10.2. The number of furan rings is 1. The van der Waals surface area contributed by atoms with Gasteiger partial charge < -0.3 is 18.6 Å². The van der Waals surface area contributed by atoms with Crippen molar-refractivity contribution in [2.45, 2.75) is 11.7 Å². The van der Waals surface area contributed by atoms with E-state index in [0.29, 0.717) is 11.5 Å². The van der Waals surface area contributed by atoms with Gasteiger partial charge in [-0.05, 0) is 24.3 Å². The van der Waals surface area contributed by atoms with Crippen LogP contribution in [0.15, 0.2) is 39.8 Å².